The minimum Gasteiger partial charge on any atom is -0.492 e. The molecule has 22 heavy (non-hydrogen) atoms. The van der Waals surface area contributed by atoms with Crippen LogP contribution in [0.4, 0.5) is 0 Å². The van der Waals surface area contributed by atoms with Crippen LogP contribution in [0.15, 0.2) is 51.1 Å². The maximum Gasteiger partial charge on any atom is 0.275 e. The molecule has 1 aromatic carbocycles. The summed E-state index contributed by atoms with van der Waals surface area (Å²) in [6, 6.07) is 8.08. The SMILES string of the molecule is O=c1c(Sc2cc(Cl)c(Cl)cc2Cl)c(O)nc2ccccn12. The van der Waals surface area contributed by atoms with Gasteiger partial charge in [-0.2, -0.15) is 4.98 Å². The number of pyridine rings is 1. The average Bonchev–Trinajstić information content (AvgIpc) is 2.48. The number of benzene rings is 1. The molecule has 0 saturated carbocycles. The lowest BCUT2D eigenvalue weighted by Crippen LogP contribution is -2.16. The summed E-state index contributed by atoms with van der Waals surface area (Å²) >= 11 is 18.9. The van der Waals surface area contributed by atoms with E-state index in [1.165, 1.54) is 16.5 Å². The first kappa shape index (κ1) is 15.5. The first-order valence-corrected chi connectivity index (χ1v) is 7.95. The molecule has 0 aliphatic carbocycles. The summed E-state index contributed by atoms with van der Waals surface area (Å²) in [5.41, 5.74) is -0.0372. The van der Waals surface area contributed by atoms with Gasteiger partial charge in [-0.15, -0.1) is 0 Å². The number of aromatic hydroxyl groups is 1. The van der Waals surface area contributed by atoms with Gasteiger partial charge in [0.1, 0.15) is 10.5 Å². The van der Waals surface area contributed by atoms with Crippen LogP contribution >= 0.6 is 46.6 Å². The zero-order chi connectivity index (χ0) is 15.9. The van der Waals surface area contributed by atoms with Gasteiger partial charge in [0.05, 0.1) is 15.1 Å². The monoisotopic (exact) mass is 372 g/mol. The van der Waals surface area contributed by atoms with E-state index in [9.17, 15) is 9.90 Å². The average molecular weight is 374 g/mol. The third kappa shape index (κ3) is 2.77. The third-order valence-corrected chi connectivity index (χ3v) is 5.13. The number of rotatable bonds is 2. The molecular formula is C14H7Cl3N2O2S. The van der Waals surface area contributed by atoms with E-state index in [2.05, 4.69) is 4.98 Å². The quantitative estimate of drug-likeness (QED) is 0.671. The predicted octanol–water partition coefficient (Wildman–Crippen LogP) is 4.51. The van der Waals surface area contributed by atoms with Gasteiger partial charge < -0.3 is 5.11 Å². The van der Waals surface area contributed by atoms with Crippen LogP contribution in [0.3, 0.4) is 0 Å². The van der Waals surface area contributed by atoms with Gasteiger partial charge >= 0.3 is 0 Å². The third-order valence-electron chi connectivity index (χ3n) is 2.86. The molecule has 0 saturated heterocycles. The zero-order valence-electron chi connectivity index (χ0n) is 10.8. The molecular weight excluding hydrogens is 367 g/mol. The van der Waals surface area contributed by atoms with Crippen LogP contribution in [0, 0.1) is 0 Å². The summed E-state index contributed by atoms with van der Waals surface area (Å²) < 4.78 is 1.34. The fourth-order valence-corrected chi connectivity index (χ4v) is 3.45. The molecule has 112 valence electrons. The van der Waals surface area contributed by atoms with Crippen LogP contribution in [0.5, 0.6) is 5.88 Å². The second-order valence-corrected chi connectivity index (χ2v) is 6.57. The molecule has 3 rings (SSSR count). The van der Waals surface area contributed by atoms with Gasteiger partial charge in [0.15, 0.2) is 0 Å². The zero-order valence-corrected chi connectivity index (χ0v) is 13.8. The van der Waals surface area contributed by atoms with Gasteiger partial charge in [-0.3, -0.25) is 9.20 Å². The molecule has 0 spiro atoms. The standard InChI is InChI=1S/C14H7Cl3N2O2S/c15-7-5-9(17)10(6-8(7)16)22-12-13(20)18-11-3-1-2-4-19(11)14(12)21/h1-6,20H. The highest BCUT2D eigenvalue weighted by Crippen LogP contribution is 2.39. The molecule has 8 heteroatoms. The molecule has 0 aliphatic heterocycles. The van der Waals surface area contributed by atoms with E-state index in [0.717, 1.165) is 11.8 Å². The topological polar surface area (TPSA) is 54.6 Å². The number of nitrogens with zero attached hydrogens (tertiary/aromatic N) is 2. The van der Waals surface area contributed by atoms with Crippen LogP contribution in [-0.2, 0) is 0 Å². The molecule has 0 atom stereocenters. The number of hydrogen-bond donors (Lipinski definition) is 1. The second kappa shape index (κ2) is 6.01. The Morgan fingerprint density at radius 3 is 2.59 bits per heavy atom. The summed E-state index contributed by atoms with van der Waals surface area (Å²) in [5.74, 6) is -0.358. The van der Waals surface area contributed by atoms with Crippen molar-refractivity contribution in [1.82, 2.24) is 9.38 Å². The van der Waals surface area contributed by atoms with Gasteiger partial charge in [0, 0.05) is 11.1 Å². The molecule has 0 fully saturated rings. The van der Waals surface area contributed by atoms with E-state index >= 15 is 0 Å². The van der Waals surface area contributed by atoms with Crippen LogP contribution < -0.4 is 5.56 Å². The molecule has 2 heterocycles. The molecule has 2 aromatic heterocycles. The first-order valence-electron chi connectivity index (χ1n) is 6.00. The maximum absolute atomic E-state index is 12.5. The molecule has 0 aliphatic rings. The summed E-state index contributed by atoms with van der Waals surface area (Å²) in [7, 11) is 0. The van der Waals surface area contributed by atoms with E-state index in [1.54, 1.807) is 24.4 Å². The first-order chi connectivity index (χ1) is 10.5. The largest absolute Gasteiger partial charge is 0.492 e. The Kier molecular flexibility index (Phi) is 4.23. The fourth-order valence-electron chi connectivity index (χ4n) is 1.84. The van der Waals surface area contributed by atoms with Gasteiger partial charge in [-0.1, -0.05) is 52.6 Å². The number of aromatic nitrogens is 2. The highest BCUT2D eigenvalue weighted by atomic mass is 35.5. The van der Waals surface area contributed by atoms with Gasteiger partial charge in [0.2, 0.25) is 5.88 Å². The van der Waals surface area contributed by atoms with Crippen molar-refractivity contribution in [2.75, 3.05) is 0 Å². The van der Waals surface area contributed by atoms with Crippen LogP contribution in [-0.4, -0.2) is 14.5 Å². The Morgan fingerprint density at radius 2 is 1.82 bits per heavy atom. The minimum absolute atomic E-state index is 0.0592. The van der Waals surface area contributed by atoms with Crippen LogP contribution in [0.1, 0.15) is 0 Å². The van der Waals surface area contributed by atoms with Crippen molar-refractivity contribution in [1.29, 1.82) is 0 Å². The van der Waals surface area contributed by atoms with E-state index in [1.807, 2.05) is 0 Å². The Bertz CT molecular complexity index is 943. The number of halogens is 3. The van der Waals surface area contributed by atoms with Crippen molar-refractivity contribution < 1.29 is 5.11 Å². The second-order valence-electron chi connectivity index (χ2n) is 4.30. The molecule has 0 bridgehead atoms. The van der Waals surface area contributed by atoms with E-state index in [0.29, 0.717) is 25.6 Å². The van der Waals surface area contributed by atoms with Crippen molar-refractivity contribution in [3.8, 4) is 5.88 Å². The number of hydrogen-bond acceptors (Lipinski definition) is 4. The van der Waals surface area contributed by atoms with Crippen molar-refractivity contribution in [3.05, 3.63) is 62.0 Å². The molecule has 0 unspecified atom stereocenters. The number of fused-ring (bicyclic) bond motifs is 1. The predicted molar refractivity (Wildman–Crippen MR) is 88.7 cm³/mol. The van der Waals surface area contributed by atoms with Crippen molar-refractivity contribution in [2.24, 2.45) is 0 Å². The molecule has 3 aromatic rings. The Balaban J connectivity index is 2.16. The minimum atomic E-state index is -0.393. The normalized spacial score (nSPS) is 11.0. The maximum atomic E-state index is 12.5. The smallest absolute Gasteiger partial charge is 0.275 e. The molecule has 0 amide bonds. The molecule has 0 radical (unpaired) electrons. The van der Waals surface area contributed by atoms with Crippen LogP contribution in [0.25, 0.3) is 5.65 Å². The van der Waals surface area contributed by atoms with Crippen LogP contribution in [0.2, 0.25) is 15.1 Å². The van der Waals surface area contributed by atoms with Gasteiger partial charge in [-0.25, -0.2) is 0 Å². The fraction of sp³-hybridized carbons (Fsp3) is 0. The summed E-state index contributed by atoms with van der Waals surface area (Å²) in [4.78, 5) is 17.0. The van der Waals surface area contributed by atoms with Gasteiger partial charge in [-0.05, 0) is 24.3 Å². The highest BCUT2D eigenvalue weighted by molar-refractivity contribution is 7.99. The van der Waals surface area contributed by atoms with Gasteiger partial charge in [0.25, 0.3) is 5.56 Å². The van der Waals surface area contributed by atoms with E-state index in [4.69, 9.17) is 34.8 Å². The van der Waals surface area contributed by atoms with Crippen molar-refractivity contribution in [2.45, 2.75) is 9.79 Å². The molecule has 1 N–H and O–H groups in total. The summed E-state index contributed by atoms with van der Waals surface area (Å²) in [5, 5.41) is 11.0. The molecule has 4 nitrogen and oxygen atoms in total. The Morgan fingerprint density at radius 1 is 1.09 bits per heavy atom. The Hall–Kier alpha value is -1.40. The lowest BCUT2D eigenvalue weighted by molar-refractivity contribution is 0.437. The van der Waals surface area contributed by atoms with Crippen molar-refractivity contribution >= 4 is 52.2 Å². The summed E-state index contributed by atoms with van der Waals surface area (Å²) in [6.45, 7) is 0. The summed E-state index contributed by atoms with van der Waals surface area (Å²) in [6.07, 6.45) is 1.57. The van der Waals surface area contributed by atoms with E-state index in [-0.39, 0.29) is 10.8 Å². The highest BCUT2D eigenvalue weighted by Gasteiger charge is 2.16. The lowest BCUT2D eigenvalue weighted by Gasteiger charge is -2.08. The van der Waals surface area contributed by atoms with E-state index < -0.39 is 5.56 Å². The Labute approximate surface area is 144 Å². The lowest BCUT2D eigenvalue weighted by atomic mass is 10.4. The van der Waals surface area contributed by atoms with Crippen molar-refractivity contribution in [3.63, 3.8) is 0 Å².